The molecule has 0 spiro atoms. The van der Waals surface area contributed by atoms with Gasteiger partial charge in [0, 0.05) is 13.1 Å². The molecule has 88 heteroatoms. The molecule has 2 rings (SSSR count). The van der Waals surface area contributed by atoms with Crippen LogP contribution in [0.15, 0.2) is 0 Å². The van der Waals surface area contributed by atoms with E-state index in [-0.39, 0.29) is 0 Å². The first kappa shape index (κ1) is 111. The largest absolute Gasteiger partial charge is 0.398 e. The third-order valence-corrected chi connectivity index (χ3v) is 19.6. The highest BCUT2D eigenvalue weighted by Crippen LogP contribution is 2.38. The van der Waals surface area contributed by atoms with Crippen molar-refractivity contribution < 1.29 is 303 Å². The Balaban J connectivity index is 3.00. The van der Waals surface area contributed by atoms with Crippen molar-refractivity contribution in [1.29, 1.82) is 0 Å². The summed E-state index contributed by atoms with van der Waals surface area (Å²) in [6.45, 7) is -12.2. The Morgan fingerprint density at radius 3 is 0.712 bits per heavy atom. The van der Waals surface area contributed by atoms with E-state index in [2.05, 4.69) is 66.9 Å². The zero-order chi connectivity index (χ0) is 92.2. The van der Waals surface area contributed by atoms with Gasteiger partial charge in [0.15, 0.2) is 37.0 Å². The van der Waals surface area contributed by atoms with Gasteiger partial charge in [-0.05, 0) is 12.8 Å². The number of carbonyl (C=O) groups is 2. The molecule has 18 N–H and O–H groups in total. The Hall–Kier alpha value is -3.30. The van der Waals surface area contributed by atoms with Crippen molar-refractivity contribution in [2.75, 3.05) is 39.5 Å². The smallest absolute Gasteiger partial charge is 0.354 e. The van der Waals surface area contributed by atoms with Gasteiger partial charge in [-0.3, -0.25) is 82.4 Å². The van der Waals surface area contributed by atoms with Gasteiger partial charge >= 0.3 is 166 Å². The fourth-order valence-corrected chi connectivity index (χ4v) is 16.0. The standard InChI is InChI=1S/C30H56N2O70S16/c33-27(23(99-115(71,72)73)19(95-111(59,60)61)15(13(91-107(47,48)49)9-85-105(41,42)43)89-29-25(101-117(77,78)79)21(97-113(65,66)67)17(93-109(53,54)55)11(87-29)7-83-103(35,36)37)31-5-3-1-2-4-6-32-28(34)24(100-116(74,75)76)20(96-112(62,63)64)16(14(92-108(50,51)52)10-86-106(44,45)46)90-30-26(102-118(80,81)82)22(98-114(68,69)70)18(94-110(56,57)58)12(88-30)8-84-104(38,39)40/h11-26,29-30H,1-10H2,(H,31,33)(H,32,34)(H,35,36,37)(H,38,39,40)(H,41,42,43)(H,44,45,46)(H,47,48,49)(H,50,51,52)(H,53,54,55)(H,56,57,58)(H,59,60,61)(H,62,63,64)(H,65,66,67)(H,68,69,70)(H,71,72,73)(H,74,75,76)(H,77,78,79)(H,80,81,82)/t11-,12+,13?,14?,15-,16?,17+,18-,19?,20?,21+,22-,23?,24?,25-,26+,29+,30-/m1/s1. The van der Waals surface area contributed by atoms with Crippen LogP contribution in [0.4, 0.5) is 0 Å². The molecule has 2 fully saturated rings. The van der Waals surface area contributed by atoms with Crippen LogP contribution >= 0.6 is 0 Å². The number of rotatable bonds is 55. The molecule has 72 nitrogen and oxygen atoms in total. The normalized spacial score (nSPS) is 24.0. The molecule has 2 heterocycles. The fourth-order valence-electron chi connectivity index (χ4n) is 8.91. The van der Waals surface area contributed by atoms with E-state index < -0.39 is 354 Å². The van der Waals surface area contributed by atoms with E-state index in [9.17, 15) is 217 Å². The number of hydrogen-bond acceptors (Lipinski definition) is 54. The molecule has 2 saturated heterocycles. The highest BCUT2D eigenvalue weighted by Gasteiger charge is 2.60. The molecular weight excluding hydrogens is 2020 g/mol. The van der Waals surface area contributed by atoms with Crippen LogP contribution in [0, 0.1) is 0 Å². The zero-order valence-electron chi connectivity index (χ0n) is 55.2. The summed E-state index contributed by atoms with van der Waals surface area (Å²) >= 11 is 0. The molecule has 0 radical (unpaired) electrons. The summed E-state index contributed by atoms with van der Waals surface area (Å²) in [5.41, 5.74) is 0. The molecule has 2 amide bonds. The van der Waals surface area contributed by atoms with E-state index in [0.717, 1.165) is 0 Å². The van der Waals surface area contributed by atoms with Gasteiger partial charge in [-0.15, -0.1) is 0 Å². The summed E-state index contributed by atoms with van der Waals surface area (Å²) in [7, 11) is -104. The Kier molecular flexibility index (Phi) is 39.7. The Labute approximate surface area is 662 Å². The number of nitrogens with one attached hydrogen (secondary N) is 2. The van der Waals surface area contributed by atoms with E-state index >= 15 is 0 Å². The number of hydrogen-bond donors (Lipinski definition) is 18. The average molecular weight is 2080 g/mol. The predicted octanol–water partition coefficient (Wildman–Crippen LogP) is -13.5. The molecule has 0 aromatic rings. The number of unbranched alkanes of at least 4 members (excludes halogenated alkanes) is 3. The van der Waals surface area contributed by atoms with Crippen LogP contribution in [0.2, 0.25) is 0 Å². The van der Waals surface area contributed by atoms with Crippen LogP contribution in [0.1, 0.15) is 25.7 Å². The van der Waals surface area contributed by atoms with Gasteiger partial charge in [-0.2, -0.15) is 135 Å². The summed E-state index contributed by atoms with van der Waals surface area (Å²) in [6, 6.07) is 0. The molecular formula is C30H56N2O70S16. The molecule has 7 unspecified atom stereocenters. The highest BCUT2D eigenvalue weighted by molar-refractivity contribution is 7.84. The molecule has 118 heavy (non-hydrogen) atoms. The second-order valence-electron chi connectivity index (χ2n) is 21.1. The summed E-state index contributed by atoms with van der Waals surface area (Å²) in [6.07, 6.45) is -71.7. The lowest BCUT2D eigenvalue weighted by Gasteiger charge is -2.45. The third-order valence-electron chi connectivity index (χ3n) is 12.3. The fraction of sp³-hybridized carbons (Fsp3) is 0.933. The van der Waals surface area contributed by atoms with Crippen LogP contribution in [-0.4, -0.2) is 369 Å². The lowest BCUT2D eigenvalue weighted by molar-refractivity contribution is -0.312. The summed E-state index contributed by atoms with van der Waals surface area (Å²) in [5.74, 6) is -5.02. The first-order chi connectivity index (χ1) is 52.3. The quantitative estimate of drug-likeness (QED) is 0.0199. The highest BCUT2D eigenvalue weighted by atomic mass is 32.3. The maximum Gasteiger partial charge on any atom is 0.398 e. The van der Waals surface area contributed by atoms with Gasteiger partial charge in [-0.25, -0.2) is 66.9 Å². The molecule has 2 aliphatic rings. The second kappa shape index (κ2) is 42.3. The Morgan fingerprint density at radius 2 is 0.492 bits per heavy atom. The number of amides is 2. The van der Waals surface area contributed by atoms with Crippen molar-refractivity contribution in [2.45, 2.75) is 136 Å². The van der Waals surface area contributed by atoms with Gasteiger partial charge in [0.2, 0.25) is 0 Å². The van der Waals surface area contributed by atoms with E-state index in [1.165, 1.54) is 0 Å². The first-order valence-corrected chi connectivity index (χ1v) is 49.6. The lowest BCUT2D eigenvalue weighted by Crippen LogP contribution is -2.65. The second-order valence-corrected chi connectivity index (χ2v) is 38.0. The molecule has 702 valence electrons. The van der Waals surface area contributed by atoms with Crippen molar-refractivity contribution in [3.8, 4) is 0 Å². The minimum Gasteiger partial charge on any atom is -0.354 e. The molecule has 0 aromatic heterocycles. The van der Waals surface area contributed by atoms with Gasteiger partial charge in [0.25, 0.3) is 11.8 Å². The third kappa shape index (κ3) is 47.7. The van der Waals surface area contributed by atoms with Crippen LogP contribution in [0.5, 0.6) is 0 Å². The number of carbonyl (C=O) groups excluding carboxylic acids is 2. The molecule has 18 atom stereocenters. The summed E-state index contributed by atoms with van der Waals surface area (Å²) in [5, 5.41) is 3.10. The van der Waals surface area contributed by atoms with Gasteiger partial charge in [0.1, 0.15) is 73.2 Å². The Bertz CT molecular complexity index is 5090. The minimum atomic E-state index is -6.82. The van der Waals surface area contributed by atoms with Gasteiger partial charge in [-0.1, -0.05) is 12.8 Å². The average Bonchev–Trinajstić information content (AvgIpc) is 0.766. The van der Waals surface area contributed by atoms with Gasteiger partial charge < -0.3 is 29.6 Å². The van der Waals surface area contributed by atoms with E-state index in [0.29, 0.717) is 0 Å². The molecule has 0 saturated carbocycles. The summed E-state index contributed by atoms with van der Waals surface area (Å²) < 4.78 is 628. The van der Waals surface area contributed by atoms with E-state index in [1.807, 2.05) is 0 Å². The molecule has 2 aliphatic heterocycles. The van der Waals surface area contributed by atoms with E-state index in [4.69, 9.17) is 18.9 Å². The molecule has 0 aliphatic carbocycles. The number of ether oxygens (including phenoxy) is 4. The monoisotopic (exact) mass is 2080 g/mol. The van der Waals surface area contributed by atoms with Crippen molar-refractivity contribution in [2.24, 2.45) is 0 Å². The van der Waals surface area contributed by atoms with Crippen molar-refractivity contribution >= 4 is 178 Å². The van der Waals surface area contributed by atoms with Gasteiger partial charge in [0.05, 0.1) is 26.4 Å². The maximum absolute atomic E-state index is 14.1. The maximum atomic E-state index is 14.1. The van der Waals surface area contributed by atoms with Crippen LogP contribution in [0.25, 0.3) is 0 Å². The predicted molar refractivity (Wildman–Crippen MR) is 339 cm³/mol. The van der Waals surface area contributed by atoms with Crippen molar-refractivity contribution in [1.82, 2.24) is 10.6 Å². The SMILES string of the molecule is O=C(NCCCCCCNC(=O)C(OS(=O)(=O)O)C(OS(=O)(=O)O)[C@H](O[C@@H]1O[C@H](COS(=O)(=O)O)[C@H](OS(=O)(=O)O)[C@H](OS(=O)(=O)O)[C@H]1OS(=O)(=O)O)C(COS(=O)(=O)O)OS(=O)(=O)O)C(OS(=O)(=O)O)C(OS(=O)(=O)O)C(O[C@H]1O[C@@H](COS(=O)(=O)O)[C@@H](OS(=O)(=O)O)[C@@H](OS(=O)(=O)O)[C@@H]1OS(=O)(=O)O)C(COS(=O)(=O)O)OS(=O)(=O)O. The van der Waals surface area contributed by atoms with E-state index in [1.54, 1.807) is 10.6 Å². The zero-order valence-corrected chi connectivity index (χ0v) is 68.3. The minimum absolute atomic E-state index is 0.639. The van der Waals surface area contributed by atoms with Crippen LogP contribution in [0.3, 0.4) is 0 Å². The first-order valence-electron chi connectivity index (χ1n) is 27.8. The van der Waals surface area contributed by atoms with Crippen LogP contribution in [-0.2, 0) is 262 Å². The van der Waals surface area contributed by atoms with Crippen LogP contribution < -0.4 is 10.6 Å². The molecule has 0 bridgehead atoms. The Morgan fingerprint density at radius 1 is 0.263 bits per heavy atom. The summed E-state index contributed by atoms with van der Waals surface area (Å²) in [4.78, 5) is 28.1. The topological polar surface area (TPSA) is 1110 Å². The lowest BCUT2D eigenvalue weighted by atomic mass is 9.98. The van der Waals surface area contributed by atoms with Crippen molar-refractivity contribution in [3.63, 3.8) is 0 Å². The molecule has 0 aromatic carbocycles. The van der Waals surface area contributed by atoms with Crippen molar-refractivity contribution in [3.05, 3.63) is 0 Å².